The predicted octanol–water partition coefficient (Wildman–Crippen LogP) is 3.40. The van der Waals surface area contributed by atoms with Gasteiger partial charge in [-0.25, -0.2) is 0 Å². The van der Waals surface area contributed by atoms with Crippen LogP contribution in [-0.2, 0) is 22.0 Å². The van der Waals surface area contributed by atoms with Gasteiger partial charge in [-0.05, 0) is 29.3 Å². The van der Waals surface area contributed by atoms with E-state index in [1.165, 1.54) is 0 Å². The molecule has 0 radical (unpaired) electrons. The Kier molecular flexibility index (Phi) is 5.00. The van der Waals surface area contributed by atoms with E-state index in [2.05, 4.69) is 17.4 Å². The van der Waals surface area contributed by atoms with Crippen LogP contribution in [0.3, 0.4) is 0 Å². The van der Waals surface area contributed by atoms with Crippen LogP contribution in [0.1, 0.15) is 19.1 Å². The summed E-state index contributed by atoms with van der Waals surface area (Å²) in [6.07, 6.45) is 2.61. The summed E-state index contributed by atoms with van der Waals surface area (Å²) in [4.78, 5) is 12.1. The van der Waals surface area contributed by atoms with Crippen LogP contribution < -0.4 is 5.32 Å². The summed E-state index contributed by atoms with van der Waals surface area (Å²) in [6.45, 7) is 2.45. The van der Waals surface area contributed by atoms with E-state index in [1.807, 2.05) is 37.3 Å². The van der Waals surface area contributed by atoms with Crippen LogP contribution in [0, 0.1) is 0 Å². The SMILES string of the molecule is C[C@@H](CCNC(=O)Cc1cc2c(ccc3ccccc32)o1)[S@](C)=O. The van der Waals surface area contributed by atoms with Crippen molar-refractivity contribution in [2.24, 2.45) is 0 Å². The van der Waals surface area contributed by atoms with Gasteiger partial charge in [0.1, 0.15) is 11.3 Å². The maximum atomic E-state index is 12.1. The Morgan fingerprint density at radius 2 is 2.00 bits per heavy atom. The molecule has 0 spiro atoms. The number of rotatable bonds is 6. The molecule has 0 aliphatic rings. The van der Waals surface area contributed by atoms with E-state index in [0.717, 1.165) is 21.7 Å². The molecule has 4 nitrogen and oxygen atoms in total. The molecule has 0 aliphatic heterocycles. The van der Waals surface area contributed by atoms with Crippen LogP contribution in [0.5, 0.6) is 0 Å². The maximum absolute atomic E-state index is 12.1. The maximum Gasteiger partial charge on any atom is 0.227 e. The van der Waals surface area contributed by atoms with E-state index >= 15 is 0 Å². The van der Waals surface area contributed by atoms with E-state index in [1.54, 1.807) is 6.26 Å². The van der Waals surface area contributed by atoms with E-state index in [-0.39, 0.29) is 17.6 Å². The Labute approximate surface area is 143 Å². The van der Waals surface area contributed by atoms with Gasteiger partial charge in [0.2, 0.25) is 5.91 Å². The Hall–Kier alpha value is -2.14. The zero-order chi connectivity index (χ0) is 17.1. The summed E-state index contributed by atoms with van der Waals surface area (Å²) in [5, 5.41) is 6.27. The van der Waals surface area contributed by atoms with Crippen LogP contribution in [0.2, 0.25) is 0 Å². The molecular weight excluding hydrogens is 322 g/mol. The van der Waals surface area contributed by atoms with Gasteiger partial charge in [-0.1, -0.05) is 37.3 Å². The molecule has 3 aromatic rings. The minimum absolute atomic E-state index is 0.0764. The normalized spacial score (nSPS) is 13.9. The topological polar surface area (TPSA) is 59.3 Å². The van der Waals surface area contributed by atoms with Crippen molar-refractivity contribution < 1.29 is 13.4 Å². The average Bonchev–Trinajstić information content (AvgIpc) is 2.97. The predicted molar refractivity (Wildman–Crippen MR) is 98.6 cm³/mol. The number of hydrogen-bond acceptors (Lipinski definition) is 3. The summed E-state index contributed by atoms with van der Waals surface area (Å²) in [6, 6.07) is 14.0. The summed E-state index contributed by atoms with van der Waals surface area (Å²) in [5.74, 6) is 0.582. The molecule has 2 aromatic carbocycles. The first-order valence-corrected chi connectivity index (χ1v) is 9.66. The van der Waals surface area contributed by atoms with Crippen molar-refractivity contribution in [1.29, 1.82) is 0 Å². The number of hydrogen-bond donors (Lipinski definition) is 1. The molecule has 0 saturated heterocycles. The van der Waals surface area contributed by atoms with Crippen LogP contribution in [0.25, 0.3) is 21.7 Å². The number of benzene rings is 2. The quantitative estimate of drug-likeness (QED) is 0.746. The Morgan fingerprint density at radius 3 is 2.79 bits per heavy atom. The lowest BCUT2D eigenvalue weighted by Crippen LogP contribution is -2.28. The molecule has 24 heavy (non-hydrogen) atoms. The molecule has 1 amide bonds. The summed E-state index contributed by atoms with van der Waals surface area (Å²) in [7, 11) is -0.857. The van der Waals surface area contributed by atoms with E-state index in [9.17, 15) is 9.00 Å². The third kappa shape index (κ3) is 3.67. The van der Waals surface area contributed by atoms with E-state index < -0.39 is 10.8 Å². The fourth-order valence-electron chi connectivity index (χ4n) is 2.73. The Morgan fingerprint density at radius 1 is 1.21 bits per heavy atom. The van der Waals surface area contributed by atoms with Gasteiger partial charge in [0, 0.05) is 34.2 Å². The van der Waals surface area contributed by atoms with Crippen LogP contribution >= 0.6 is 0 Å². The fraction of sp³-hybridized carbons (Fsp3) is 0.316. The van der Waals surface area contributed by atoms with Gasteiger partial charge in [0.05, 0.1) is 6.42 Å². The number of carbonyl (C=O) groups is 1. The highest BCUT2D eigenvalue weighted by atomic mass is 32.2. The third-order valence-corrected chi connectivity index (χ3v) is 5.62. The second-order valence-electron chi connectivity index (χ2n) is 6.04. The summed E-state index contributed by atoms with van der Waals surface area (Å²) in [5.41, 5.74) is 0.798. The molecule has 0 saturated carbocycles. The third-order valence-electron chi connectivity index (χ3n) is 4.25. The van der Waals surface area contributed by atoms with Gasteiger partial charge in [0.25, 0.3) is 0 Å². The van der Waals surface area contributed by atoms with Crippen molar-refractivity contribution in [3.63, 3.8) is 0 Å². The highest BCUT2D eigenvalue weighted by Crippen LogP contribution is 2.28. The lowest BCUT2D eigenvalue weighted by atomic mass is 10.1. The van der Waals surface area contributed by atoms with Crippen LogP contribution in [0.4, 0.5) is 0 Å². The van der Waals surface area contributed by atoms with Crippen molar-refractivity contribution in [2.45, 2.75) is 25.0 Å². The molecule has 2 atom stereocenters. The van der Waals surface area contributed by atoms with Gasteiger partial charge >= 0.3 is 0 Å². The highest BCUT2D eigenvalue weighted by molar-refractivity contribution is 7.84. The molecule has 0 unspecified atom stereocenters. The van der Waals surface area contributed by atoms with Gasteiger partial charge in [0.15, 0.2) is 0 Å². The first-order valence-electron chi connectivity index (χ1n) is 8.03. The van der Waals surface area contributed by atoms with Crippen molar-refractivity contribution in [3.8, 4) is 0 Å². The first kappa shape index (κ1) is 16.7. The van der Waals surface area contributed by atoms with Crippen molar-refractivity contribution >= 4 is 38.4 Å². The molecule has 5 heteroatoms. The van der Waals surface area contributed by atoms with Gasteiger partial charge in [-0.3, -0.25) is 9.00 Å². The minimum Gasteiger partial charge on any atom is -0.461 e. The number of fused-ring (bicyclic) bond motifs is 3. The minimum atomic E-state index is -0.857. The largest absolute Gasteiger partial charge is 0.461 e. The second-order valence-corrected chi connectivity index (χ2v) is 7.84. The number of amides is 1. The van der Waals surface area contributed by atoms with Crippen molar-refractivity contribution in [2.75, 3.05) is 12.8 Å². The standard InChI is InChI=1S/C19H21NO3S/c1-13(24(2)22)9-10-20-19(21)12-15-11-17-16-6-4-3-5-14(16)7-8-18(17)23-15/h3-8,11,13H,9-10,12H2,1-2H3,(H,20,21)/t13-,24-/m0/s1. The molecule has 0 bridgehead atoms. The zero-order valence-corrected chi connectivity index (χ0v) is 14.7. The van der Waals surface area contributed by atoms with Gasteiger partial charge in [-0.2, -0.15) is 0 Å². The summed E-state index contributed by atoms with van der Waals surface area (Å²) >= 11 is 0. The van der Waals surface area contributed by atoms with Gasteiger partial charge in [-0.15, -0.1) is 0 Å². The van der Waals surface area contributed by atoms with Crippen LogP contribution in [0.15, 0.2) is 46.9 Å². The molecule has 126 valence electrons. The Bertz CT molecular complexity index is 900. The lowest BCUT2D eigenvalue weighted by Gasteiger charge is -2.08. The molecule has 1 heterocycles. The fourth-order valence-corrected chi connectivity index (χ4v) is 3.18. The smallest absolute Gasteiger partial charge is 0.227 e. The molecule has 0 fully saturated rings. The second kappa shape index (κ2) is 7.18. The lowest BCUT2D eigenvalue weighted by molar-refractivity contribution is -0.120. The molecular formula is C19H21NO3S. The monoisotopic (exact) mass is 343 g/mol. The highest BCUT2D eigenvalue weighted by Gasteiger charge is 2.12. The molecule has 1 N–H and O–H groups in total. The Balaban J connectivity index is 1.68. The average molecular weight is 343 g/mol. The van der Waals surface area contributed by atoms with Crippen molar-refractivity contribution in [3.05, 3.63) is 48.2 Å². The summed E-state index contributed by atoms with van der Waals surface area (Å²) < 4.78 is 17.1. The molecule has 1 aromatic heterocycles. The number of carbonyl (C=O) groups excluding carboxylic acids is 1. The molecule has 3 rings (SSSR count). The van der Waals surface area contributed by atoms with E-state index in [0.29, 0.717) is 18.7 Å². The zero-order valence-electron chi connectivity index (χ0n) is 13.9. The first-order chi connectivity index (χ1) is 11.5. The number of furan rings is 1. The number of nitrogens with one attached hydrogen (secondary N) is 1. The van der Waals surface area contributed by atoms with Gasteiger partial charge < -0.3 is 9.73 Å². The van der Waals surface area contributed by atoms with E-state index in [4.69, 9.17) is 4.42 Å². The molecule has 0 aliphatic carbocycles. The van der Waals surface area contributed by atoms with Crippen molar-refractivity contribution in [1.82, 2.24) is 5.32 Å². The van der Waals surface area contributed by atoms with Crippen LogP contribution in [-0.4, -0.2) is 28.2 Å².